The Kier molecular flexibility index (Phi) is 4.89. The summed E-state index contributed by atoms with van der Waals surface area (Å²) in [4.78, 5) is 22.5. The largest absolute Gasteiger partial charge is 0.478 e. The maximum atomic E-state index is 11.7. The van der Waals surface area contributed by atoms with Crippen LogP contribution >= 0.6 is 0 Å². The van der Waals surface area contributed by atoms with Gasteiger partial charge in [0.05, 0.1) is 5.56 Å². The van der Waals surface area contributed by atoms with E-state index in [1.54, 1.807) is 19.1 Å². The number of benzene rings is 1. The van der Waals surface area contributed by atoms with Crippen molar-refractivity contribution >= 4 is 17.6 Å². The molecule has 0 heterocycles. The van der Waals surface area contributed by atoms with Crippen LogP contribution < -0.4 is 5.32 Å². The minimum absolute atomic E-state index is 0.0353. The molecule has 0 bridgehead atoms. The molecule has 0 radical (unpaired) electrons. The van der Waals surface area contributed by atoms with Gasteiger partial charge >= 0.3 is 5.97 Å². The van der Waals surface area contributed by atoms with Crippen LogP contribution in [0.4, 0.5) is 5.69 Å². The third-order valence-electron chi connectivity index (χ3n) is 2.97. The lowest BCUT2D eigenvalue weighted by atomic mass is 10.0. The van der Waals surface area contributed by atoms with Gasteiger partial charge in [0.2, 0.25) is 5.91 Å². The molecule has 18 heavy (non-hydrogen) atoms. The lowest BCUT2D eigenvalue weighted by molar-refractivity contribution is -0.117. The molecule has 98 valence electrons. The molecule has 4 nitrogen and oxygen atoms in total. The zero-order valence-corrected chi connectivity index (χ0v) is 11.0. The Balaban J connectivity index is 2.72. The number of nitrogens with one attached hydrogen (secondary N) is 1. The van der Waals surface area contributed by atoms with Crippen molar-refractivity contribution in [2.24, 2.45) is 5.92 Å². The molecule has 1 aromatic carbocycles. The van der Waals surface area contributed by atoms with Crippen molar-refractivity contribution in [3.05, 3.63) is 29.3 Å². The van der Waals surface area contributed by atoms with Crippen molar-refractivity contribution in [2.75, 3.05) is 5.32 Å². The van der Waals surface area contributed by atoms with Gasteiger partial charge in [-0.25, -0.2) is 4.79 Å². The Morgan fingerprint density at radius 3 is 2.56 bits per heavy atom. The van der Waals surface area contributed by atoms with Crippen LogP contribution in [0.3, 0.4) is 0 Å². The van der Waals surface area contributed by atoms with Crippen LogP contribution in [-0.2, 0) is 4.79 Å². The van der Waals surface area contributed by atoms with E-state index in [0.717, 1.165) is 6.42 Å². The summed E-state index contributed by atoms with van der Waals surface area (Å²) in [5.41, 5.74) is 1.55. The quantitative estimate of drug-likeness (QED) is 0.842. The molecule has 0 spiro atoms. The number of hydrogen-bond acceptors (Lipinski definition) is 2. The average molecular weight is 249 g/mol. The molecule has 0 aliphatic rings. The summed E-state index contributed by atoms with van der Waals surface area (Å²) in [6.45, 7) is 5.79. The van der Waals surface area contributed by atoms with E-state index >= 15 is 0 Å². The molecular weight excluding hydrogens is 230 g/mol. The molecule has 4 heteroatoms. The van der Waals surface area contributed by atoms with E-state index in [0.29, 0.717) is 23.6 Å². The van der Waals surface area contributed by atoms with Crippen LogP contribution in [-0.4, -0.2) is 17.0 Å². The second-order valence-electron chi connectivity index (χ2n) is 4.60. The van der Waals surface area contributed by atoms with E-state index in [9.17, 15) is 9.59 Å². The zero-order valence-electron chi connectivity index (χ0n) is 11.0. The van der Waals surface area contributed by atoms with Crippen LogP contribution in [0, 0.1) is 12.8 Å². The van der Waals surface area contributed by atoms with Gasteiger partial charge in [-0.1, -0.05) is 20.3 Å². The first-order valence-electron chi connectivity index (χ1n) is 6.07. The van der Waals surface area contributed by atoms with Gasteiger partial charge in [-0.3, -0.25) is 4.79 Å². The van der Waals surface area contributed by atoms with Gasteiger partial charge in [0.15, 0.2) is 0 Å². The second kappa shape index (κ2) is 6.19. The minimum atomic E-state index is -0.954. The molecule has 1 amide bonds. The van der Waals surface area contributed by atoms with Gasteiger partial charge in [-0.15, -0.1) is 0 Å². The molecule has 0 aliphatic heterocycles. The van der Waals surface area contributed by atoms with Gasteiger partial charge in [0, 0.05) is 12.1 Å². The third kappa shape index (κ3) is 3.87. The molecule has 1 rings (SSSR count). The Bertz CT molecular complexity index is 454. The van der Waals surface area contributed by atoms with Crippen molar-refractivity contribution < 1.29 is 14.7 Å². The summed E-state index contributed by atoms with van der Waals surface area (Å²) >= 11 is 0. The fourth-order valence-electron chi connectivity index (χ4n) is 1.65. The number of carbonyl (C=O) groups excluding carboxylic acids is 1. The summed E-state index contributed by atoms with van der Waals surface area (Å²) in [6, 6.07) is 4.81. The molecule has 0 fully saturated rings. The molecular formula is C14H19NO3. The van der Waals surface area contributed by atoms with E-state index in [2.05, 4.69) is 5.32 Å². The zero-order chi connectivity index (χ0) is 13.7. The Labute approximate surface area is 107 Å². The monoisotopic (exact) mass is 249 g/mol. The highest BCUT2D eigenvalue weighted by molar-refractivity contribution is 5.93. The van der Waals surface area contributed by atoms with Gasteiger partial charge in [-0.05, 0) is 36.6 Å². The molecule has 1 unspecified atom stereocenters. The van der Waals surface area contributed by atoms with Crippen LogP contribution in [0.5, 0.6) is 0 Å². The molecule has 1 aromatic rings. The van der Waals surface area contributed by atoms with Gasteiger partial charge in [-0.2, -0.15) is 0 Å². The van der Waals surface area contributed by atoms with E-state index in [1.807, 2.05) is 13.8 Å². The third-order valence-corrected chi connectivity index (χ3v) is 2.97. The fourth-order valence-corrected chi connectivity index (χ4v) is 1.65. The highest BCUT2D eigenvalue weighted by atomic mass is 16.4. The van der Waals surface area contributed by atoms with Crippen LogP contribution in [0.1, 0.15) is 42.6 Å². The van der Waals surface area contributed by atoms with Crippen molar-refractivity contribution in [3.8, 4) is 0 Å². The first-order chi connectivity index (χ1) is 8.43. The minimum Gasteiger partial charge on any atom is -0.478 e. The maximum absolute atomic E-state index is 11.7. The van der Waals surface area contributed by atoms with Gasteiger partial charge in [0.25, 0.3) is 0 Å². The molecule has 0 saturated heterocycles. The van der Waals surface area contributed by atoms with Crippen LogP contribution in [0.25, 0.3) is 0 Å². The van der Waals surface area contributed by atoms with Crippen molar-refractivity contribution in [3.63, 3.8) is 0 Å². The smallest absolute Gasteiger partial charge is 0.335 e. The number of hydrogen-bond donors (Lipinski definition) is 2. The maximum Gasteiger partial charge on any atom is 0.335 e. The number of aromatic carboxylic acids is 1. The van der Waals surface area contributed by atoms with Crippen LogP contribution in [0.2, 0.25) is 0 Å². The summed E-state index contributed by atoms with van der Waals surface area (Å²) < 4.78 is 0. The number of rotatable bonds is 5. The molecule has 0 saturated carbocycles. The number of aryl methyl sites for hydroxylation is 1. The van der Waals surface area contributed by atoms with Gasteiger partial charge < -0.3 is 10.4 Å². The number of anilines is 1. The first-order valence-corrected chi connectivity index (χ1v) is 6.07. The van der Waals surface area contributed by atoms with Gasteiger partial charge in [0.1, 0.15) is 0 Å². The lowest BCUT2D eigenvalue weighted by Gasteiger charge is -2.10. The Morgan fingerprint density at radius 2 is 2.06 bits per heavy atom. The summed E-state index contributed by atoms with van der Waals surface area (Å²) in [5, 5.41) is 11.7. The van der Waals surface area contributed by atoms with E-state index < -0.39 is 5.97 Å². The van der Waals surface area contributed by atoms with Crippen molar-refractivity contribution in [2.45, 2.75) is 33.6 Å². The topological polar surface area (TPSA) is 66.4 Å². The predicted molar refractivity (Wildman–Crippen MR) is 70.8 cm³/mol. The Morgan fingerprint density at radius 1 is 1.39 bits per heavy atom. The predicted octanol–water partition coefficient (Wildman–Crippen LogP) is 3.07. The molecule has 0 aliphatic carbocycles. The SMILES string of the molecule is CCC(C)CC(=O)Nc1ccc(C(=O)O)c(C)c1. The number of carboxylic acids is 1. The van der Waals surface area contributed by atoms with E-state index in [-0.39, 0.29) is 11.5 Å². The average Bonchev–Trinajstić information content (AvgIpc) is 2.28. The normalized spacial score (nSPS) is 11.9. The summed E-state index contributed by atoms with van der Waals surface area (Å²) in [5.74, 6) is -0.638. The van der Waals surface area contributed by atoms with Crippen molar-refractivity contribution in [1.82, 2.24) is 0 Å². The fraction of sp³-hybridized carbons (Fsp3) is 0.429. The number of carbonyl (C=O) groups is 2. The molecule has 0 aromatic heterocycles. The second-order valence-corrected chi connectivity index (χ2v) is 4.60. The van der Waals surface area contributed by atoms with Crippen molar-refractivity contribution in [1.29, 1.82) is 0 Å². The van der Waals surface area contributed by atoms with Crippen LogP contribution in [0.15, 0.2) is 18.2 Å². The number of carboxylic acid groups (broad SMARTS) is 1. The van der Waals surface area contributed by atoms with E-state index in [4.69, 9.17) is 5.11 Å². The van der Waals surface area contributed by atoms with E-state index in [1.165, 1.54) is 6.07 Å². The summed E-state index contributed by atoms with van der Waals surface area (Å²) in [7, 11) is 0. The first kappa shape index (κ1) is 14.2. The highest BCUT2D eigenvalue weighted by Gasteiger charge is 2.10. The molecule has 2 N–H and O–H groups in total. The Hall–Kier alpha value is -1.84. The lowest BCUT2D eigenvalue weighted by Crippen LogP contribution is -2.15. The highest BCUT2D eigenvalue weighted by Crippen LogP contribution is 2.16. The summed E-state index contributed by atoms with van der Waals surface area (Å²) in [6.07, 6.45) is 1.45. The molecule has 1 atom stereocenters. The number of amides is 1. The standard InChI is InChI=1S/C14H19NO3/c1-4-9(2)7-13(16)15-11-5-6-12(14(17)18)10(3)8-11/h5-6,8-9H,4,7H2,1-3H3,(H,15,16)(H,17,18).